The molecule has 0 saturated carbocycles. The van der Waals surface area contributed by atoms with Gasteiger partial charge in [0.2, 0.25) is 0 Å². The molecule has 0 spiro atoms. The lowest BCUT2D eigenvalue weighted by atomic mass is 10.2. The molecule has 4 heterocycles. The third-order valence-corrected chi connectivity index (χ3v) is 6.96. The molecule has 0 amide bonds. The van der Waals surface area contributed by atoms with Gasteiger partial charge in [0.05, 0.1) is 5.69 Å². The Morgan fingerprint density at radius 1 is 1.22 bits per heavy atom. The standard InChI is InChI=1S/C18H19N5OS3/c1-4-14-7-12(9-26-14)16-20-21-18(23(16)11(2)3)27-10-13-8-15(24)22-5-6-25-17(22)19-13/h5-9,11H,4,10H2,1-3H3. The van der Waals surface area contributed by atoms with Gasteiger partial charge in [-0.05, 0) is 26.3 Å². The number of hydrogen-bond donors (Lipinski definition) is 0. The lowest BCUT2D eigenvalue weighted by Gasteiger charge is -2.13. The van der Waals surface area contributed by atoms with Crippen LogP contribution in [0, 0.1) is 0 Å². The van der Waals surface area contributed by atoms with Crippen LogP contribution in [0.5, 0.6) is 0 Å². The van der Waals surface area contributed by atoms with Crippen molar-refractivity contribution in [1.82, 2.24) is 24.1 Å². The Balaban J connectivity index is 1.62. The Morgan fingerprint density at radius 2 is 2.07 bits per heavy atom. The van der Waals surface area contributed by atoms with Gasteiger partial charge in [-0.3, -0.25) is 13.8 Å². The first-order valence-electron chi connectivity index (χ1n) is 8.68. The fraction of sp³-hybridized carbons (Fsp3) is 0.333. The Bertz CT molecular complexity index is 1140. The summed E-state index contributed by atoms with van der Waals surface area (Å²) >= 11 is 4.78. The van der Waals surface area contributed by atoms with Gasteiger partial charge in [-0.25, -0.2) is 4.98 Å². The molecule has 0 aliphatic carbocycles. The number of nitrogens with zero attached hydrogens (tertiary/aromatic N) is 5. The second-order valence-electron chi connectivity index (χ2n) is 6.36. The number of aryl methyl sites for hydroxylation is 1. The van der Waals surface area contributed by atoms with E-state index in [4.69, 9.17) is 0 Å². The van der Waals surface area contributed by atoms with Gasteiger partial charge >= 0.3 is 0 Å². The second-order valence-corrected chi connectivity index (χ2v) is 9.17. The molecule has 0 aliphatic heterocycles. The van der Waals surface area contributed by atoms with Gasteiger partial charge < -0.3 is 0 Å². The van der Waals surface area contributed by atoms with E-state index < -0.39 is 0 Å². The van der Waals surface area contributed by atoms with Crippen LogP contribution in [-0.2, 0) is 12.2 Å². The summed E-state index contributed by atoms with van der Waals surface area (Å²) in [5.41, 5.74) is 1.82. The van der Waals surface area contributed by atoms with Gasteiger partial charge in [0.15, 0.2) is 15.9 Å². The molecule has 0 unspecified atom stereocenters. The minimum Gasteiger partial charge on any atom is -0.299 e. The van der Waals surface area contributed by atoms with Crippen molar-refractivity contribution < 1.29 is 0 Å². The minimum atomic E-state index is -0.0479. The van der Waals surface area contributed by atoms with Crippen LogP contribution >= 0.6 is 34.4 Å². The number of thiazole rings is 1. The third-order valence-electron chi connectivity index (χ3n) is 4.15. The predicted octanol–water partition coefficient (Wildman–Crippen LogP) is 4.51. The van der Waals surface area contributed by atoms with E-state index in [2.05, 4.69) is 52.0 Å². The summed E-state index contributed by atoms with van der Waals surface area (Å²) in [6.07, 6.45) is 2.77. The number of aromatic nitrogens is 5. The number of rotatable bonds is 6. The van der Waals surface area contributed by atoms with Crippen molar-refractivity contribution in [2.24, 2.45) is 0 Å². The van der Waals surface area contributed by atoms with E-state index in [9.17, 15) is 4.79 Å². The largest absolute Gasteiger partial charge is 0.299 e. The molecule has 0 saturated heterocycles. The second kappa shape index (κ2) is 7.57. The van der Waals surface area contributed by atoms with E-state index >= 15 is 0 Å². The normalized spacial score (nSPS) is 11.7. The summed E-state index contributed by atoms with van der Waals surface area (Å²) in [6, 6.07) is 4.02. The maximum atomic E-state index is 12.2. The fourth-order valence-corrected chi connectivity index (χ4v) is 5.33. The van der Waals surface area contributed by atoms with Gasteiger partial charge in [-0.2, -0.15) is 0 Å². The molecule has 6 nitrogen and oxygen atoms in total. The van der Waals surface area contributed by atoms with Gasteiger partial charge in [-0.1, -0.05) is 18.7 Å². The van der Waals surface area contributed by atoms with Crippen LogP contribution in [-0.4, -0.2) is 24.1 Å². The van der Waals surface area contributed by atoms with Crippen LogP contribution in [0.4, 0.5) is 0 Å². The molecular formula is C18H19N5OS3. The van der Waals surface area contributed by atoms with Crippen molar-refractivity contribution in [2.75, 3.05) is 0 Å². The number of fused-ring (bicyclic) bond motifs is 1. The fourth-order valence-electron chi connectivity index (χ4n) is 2.82. The Labute approximate surface area is 168 Å². The number of thioether (sulfide) groups is 1. The van der Waals surface area contributed by atoms with E-state index in [0.717, 1.165) is 33.6 Å². The first kappa shape index (κ1) is 18.4. The zero-order valence-electron chi connectivity index (χ0n) is 15.2. The van der Waals surface area contributed by atoms with Crippen LogP contribution in [0.15, 0.2) is 39.0 Å². The maximum absolute atomic E-state index is 12.2. The van der Waals surface area contributed by atoms with Gasteiger partial charge in [0, 0.05) is 45.3 Å². The van der Waals surface area contributed by atoms with E-state index in [1.807, 2.05) is 5.38 Å². The molecule has 140 valence electrons. The molecule has 9 heteroatoms. The highest BCUT2D eigenvalue weighted by atomic mass is 32.2. The lowest BCUT2D eigenvalue weighted by Crippen LogP contribution is -2.12. The van der Waals surface area contributed by atoms with E-state index in [0.29, 0.717) is 5.75 Å². The van der Waals surface area contributed by atoms with Gasteiger partial charge in [0.25, 0.3) is 5.56 Å². The van der Waals surface area contributed by atoms with Crippen molar-refractivity contribution in [3.05, 3.63) is 50.0 Å². The molecule has 0 radical (unpaired) electrons. The molecule has 0 aromatic carbocycles. The smallest absolute Gasteiger partial charge is 0.258 e. The molecule has 4 rings (SSSR count). The van der Waals surface area contributed by atoms with Crippen molar-refractivity contribution in [2.45, 2.75) is 44.1 Å². The quantitative estimate of drug-likeness (QED) is 0.432. The van der Waals surface area contributed by atoms with Crippen LogP contribution in [0.1, 0.15) is 37.4 Å². The average molecular weight is 418 g/mol. The van der Waals surface area contributed by atoms with E-state index in [1.165, 1.54) is 16.2 Å². The third kappa shape index (κ3) is 3.59. The topological polar surface area (TPSA) is 65.1 Å². The van der Waals surface area contributed by atoms with Gasteiger partial charge in [-0.15, -0.1) is 32.9 Å². The molecule has 27 heavy (non-hydrogen) atoms. The van der Waals surface area contributed by atoms with Crippen molar-refractivity contribution in [1.29, 1.82) is 0 Å². The van der Waals surface area contributed by atoms with Crippen LogP contribution in [0.25, 0.3) is 16.3 Å². The maximum Gasteiger partial charge on any atom is 0.258 e. The summed E-state index contributed by atoms with van der Waals surface area (Å²) in [4.78, 5) is 18.8. The molecule has 4 aromatic heterocycles. The first-order valence-corrected chi connectivity index (χ1v) is 11.4. The summed E-state index contributed by atoms with van der Waals surface area (Å²) in [5, 5.41) is 13.7. The molecule has 0 N–H and O–H groups in total. The van der Waals surface area contributed by atoms with E-state index in [-0.39, 0.29) is 11.6 Å². The summed E-state index contributed by atoms with van der Waals surface area (Å²) in [6.45, 7) is 6.42. The van der Waals surface area contributed by atoms with Crippen molar-refractivity contribution in [3.63, 3.8) is 0 Å². The molecule has 4 aromatic rings. The zero-order valence-corrected chi connectivity index (χ0v) is 17.7. The number of thiophene rings is 1. The Morgan fingerprint density at radius 3 is 2.81 bits per heavy atom. The lowest BCUT2D eigenvalue weighted by molar-refractivity contribution is 0.555. The van der Waals surface area contributed by atoms with Crippen molar-refractivity contribution >= 4 is 39.4 Å². The number of hydrogen-bond acceptors (Lipinski definition) is 7. The SMILES string of the molecule is CCc1cc(-c2nnc(SCc3cc(=O)n4ccsc4n3)n2C(C)C)cs1. The monoisotopic (exact) mass is 417 g/mol. The predicted molar refractivity (Wildman–Crippen MR) is 112 cm³/mol. The first-order chi connectivity index (χ1) is 13.1. The summed E-state index contributed by atoms with van der Waals surface area (Å²) in [5.74, 6) is 1.48. The van der Waals surface area contributed by atoms with E-state index in [1.54, 1.807) is 39.8 Å². The minimum absolute atomic E-state index is 0.0479. The average Bonchev–Trinajstić information content (AvgIpc) is 3.37. The molecule has 0 aliphatic rings. The summed E-state index contributed by atoms with van der Waals surface area (Å²) in [7, 11) is 0. The van der Waals surface area contributed by atoms with Crippen LogP contribution in [0.3, 0.4) is 0 Å². The molecule has 0 fully saturated rings. The highest BCUT2D eigenvalue weighted by Gasteiger charge is 2.18. The Kier molecular flexibility index (Phi) is 5.16. The Hall–Kier alpha value is -1.97. The molecule has 0 atom stereocenters. The summed E-state index contributed by atoms with van der Waals surface area (Å²) < 4.78 is 3.72. The molecule has 0 bridgehead atoms. The van der Waals surface area contributed by atoms with Crippen LogP contribution < -0.4 is 5.56 Å². The van der Waals surface area contributed by atoms with Gasteiger partial charge in [0.1, 0.15) is 0 Å². The zero-order chi connectivity index (χ0) is 19.0. The van der Waals surface area contributed by atoms with Crippen LogP contribution in [0.2, 0.25) is 0 Å². The van der Waals surface area contributed by atoms with Crippen molar-refractivity contribution in [3.8, 4) is 11.4 Å². The highest BCUT2D eigenvalue weighted by molar-refractivity contribution is 7.98. The molecular weight excluding hydrogens is 398 g/mol. The highest BCUT2D eigenvalue weighted by Crippen LogP contribution is 2.31.